The number of carbonyl (C=O) groups is 3. The van der Waals surface area contributed by atoms with Crippen molar-refractivity contribution in [1.29, 1.82) is 0 Å². The van der Waals surface area contributed by atoms with Crippen LogP contribution in [0.25, 0.3) is 0 Å². The number of imide groups is 1. The summed E-state index contributed by atoms with van der Waals surface area (Å²) in [6.45, 7) is 1.88. The van der Waals surface area contributed by atoms with Crippen LogP contribution in [0.3, 0.4) is 0 Å². The highest BCUT2D eigenvalue weighted by molar-refractivity contribution is 6.45. The number of ether oxygens (including phenoxy) is 1. The monoisotopic (exact) mass is 381 g/mol. The molecule has 11 heteroatoms. The number of hydrogen-bond acceptors (Lipinski definition) is 5. The summed E-state index contributed by atoms with van der Waals surface area (Å²) in [4.78, 5) is 39.0. The number of rotatable bonds is 3. The van der Waals surface area contributed by atoms with Crippen molar-refractivity contribution in [1.82, 2.24) is 10.2 Å². The second-order valence-corrected chi connectivity index (χ2v) is 5.76. The number of H-pyrrole nitrogens is 1. The number of halogens is 3. The average Bonchev–Trinajstić information content (AvgIpc) is 2.93. The van der Waals surface area contributed by atoms with E-state index in [1.54, 1.807) is 0 Å². The molecule has 1 saturated heterocycles. The molecule has 1 fully saturated rings. The maximum Gasteiger partial charge on any atom is 0.406 e. The van der Waals surface area contributed by atoms with E-state index >= 15 is 0 Å². The Bertz CT molecular complexity index is 697. The van der Waals surface area contributed by atoms with Gasteiger partial charge in [-0.25, -0.2) is 9.59 Å². The molecule has 124 valence electrons. The third-order valence-corrected chi connectivity index (χ3v) is 4.24. The van der Waals surface area contributed by atoms with Gasteiger partial charge in [-0.2, -0.15) is 4.98 Å². The minimum absolute atomic E-state index is 0.0360. The van der Waals surface area contributed by atoms with Gasteiger partial charge in [0.15, 0.2) is 6.10 Å². The van der Waals surface area contributed by atoms with Crippen molar-refractivity contribution in [2.75, 3.05) is 18.8 Å². The molecule has 1 aliphatic heterocycles. The van der Waals surface area contributed by atoms with Gasteiger partial charge in [0.2, 0.25) is 0 Å². The predicted octanol–water partition coefficient (Wildman–Crippen LogP) is 1.14. The summed E-state index contributed by atoms with van der Waals surface area (Å²) in [7, 11) is 0. The quantitative estimate of drug-likeness (QED) is 0.601. The summed E-state index contributed by atoms with van der Waals surface area (Å²) in [5, 5.41) is 2.16. The molecule has 1 aromatic heterocycles. The van der Waals surface area contributed by atoms with E-state index in [9.17, 15) is 14.4 Å². The second kappa shape index (κ2) is 6.77. The lowest BCUT2D eigenvalue weighted by Gasteiger charge is -2.17. The summed E-state index contributed by atoms with van der Waals surface area (Å²) in [6.07, 6.45) is -1.20. The first kappa shape index (κ1) is 17.6. The fraction of sp³-hybridized carbons (Fsp3) is 0.333. The van der Waals surface area contributed by atoms with E-state index in [-0.39, 0.29) is 33.1 Å². The van der Waals surface area contributed by atoms with Gasteiger partial charge in [0.25, 0.3) is 11.1 Å². The van der Waals surface area contributed by atoms with Gasteiger partial charge in [0.1, 0.15) is 10.0 Å². The fourth-order valence-electron chi connectivity index (χ4n) is 1.88. The van der Waals surface area contributed by atoms with Gasteiger partial charge in [-0.3, -0.25) is 9.69 Å². The Morgan fingerprint density at radius 2 is 2.00 bits per heavy atom. The summed E-state index contributed by atoms with van der Waals surface area (Å²) < 4.78 is 5.01. The SMILES string of the molecule is C[C@@H](OC(=O)c1[nH+]c(Cl)c(Cl)c(N)c1Cl)C(=O)N1CCNC1=O. The molecule has 8 nitrogen and oxygen atoms in total. The van der Waals surface area contributed by atoms with Crippen molar-refractivity contribution in [3.05, 3.63) is 20.9 Å². The number of anilines is 1. The van der Waals surface area contributed by atoms with Gasteiger partial charge in [0, 0.05) is 13.1 Å². The van der Waals surface area contributed by atoms with Crippen LogP contribution in [0.1, 0.15) is 17.4 Å². The number of urea groups is 1. The van der Waals surface area contributed by atoms with Crippen LogP contribution in [0.4, 0.5) is 10.5 Å². The van der Waals surface area contributed by atoms with E-state index in [4.69, 9.17) is 45.3 Å². The van der Waals surface area contributed by atoms with Crippen molar-refractivity contribution in [3.8, 4) is 0 Å². The van der Waals surface area contributed by atoms with Crippen LogP contribution in [-0.2, 0) is 9.53 Å². The molecular weight excluding hydrogens is 371 g/mol. The first-order valence-electron chi connectivity index (χ1n) is 6.39. The number of esters is 1. The van der Waals surface area contributed by atoms with Gasteiger partial charge in [-0.15, -0.1) is 0 Å². The van der Waals surface area contributed by atoms with Crippen LogP contribution < -0.4 is 16.0 Å². The largest absolute Gasteiger partial charge is 0.445 e. The highest BCUT2D eigenvalue weighted by Gasteiger charge is 2.34. The molecule has 0 aliphatic carbocycles. The topological polar surface area (TPSA) is 116 Å². The van der Waals surface area contributed by atoms with E-state index in [0.29, 0.717) is 6.54 Å². The predicted molar refractivity (Wildman–Crippen MR) is 82.4 cm³/mol. The molecule has 1 aromatic rings. The lowest BCUT2D eigenvalue weighted by atomic mass is 10.3. The van der Waals surface area contributed by atoms with Gasteiger partial charge >= 0.3 is 17.7 Å². The Hall–Kier alpha value is -1.77. The van der Waals surface area contributed by atoms with Gasteiger partial charge in [-0.1, -0.05) is 23.2 Å². The molecule has 1 atom stereocenters. The highest BCUT2D eigenvalue weighted by atomic mass is 35.5. The fourth-order valence-corrected chi connectivity index (χ4v) is 2.49. The van der Waals surface area contributed by atoms with E-state index in [0.717, 1.165) is 4.90 Å². The molecule has 0 radical (unpaired) electrons. The van der Waals surface area contributed by atoms with Gasteiger partial charge in [-0.05, 0) is 18.5 Å². The number of carbonyl (C=O) groups excluding carboxylic acids is 3. The zero-order valence-corrected chi connectivity index (χ0v) is 14.1. The number of aromatic amines is 1. The van der Waals surface area contributed by atoms with Crippen molar-refractivity contribution in [3.63, 3.8) is 0 Å². The Morgan fingerprint density at radius 3 is 2.57 bits per heavy atom. The van der Waals surface area contributed by atoms with Crippen molar-refractivity contribution < 1.29 is 24.1 Å². The van der Waals surface area contributed by atoms with Crippen molar-refractivity contribution in [2.45, 2.75) is 13.0 Å². The summed E-state index contributed by atoms with van der Waals surface area (Å²) in [6, 6.07) is -0.540. The maximum absolute atomic E-state index is 12.1. The average molecular weight is 383 g/mol. The normalized spacial score (nSPS) is 15.3. The van der Waals surface area contributed by atoms with Crippen molar-refractivity contribution in [2.24, 2.45) is 0 Å². The number of hydrogen-bond donors (Lipinski definition) is 2. The van der Waals surface area contributed by atoms with Gasteiger partial charge < -0.3 is 15.8 Å². The van der Waals surface area contributed by atoms with Crippen LogP contribution in [-0.4, -0.2) is 42.0 Å². The Balaban J connectivity index is 2.16. The van der Waals surface area contributed by atoms with Crippen LogP contribution >= 0.6 is 34.8 Å². The zero-order valence-electron chi connectivity index (χ0n) is 11.8. The first-order valence-corrected chi connectivity index (χ1v) is 7.52. The smallest absolute Gasteiger partial charge is 0.406 e. The Kier molecular flexibility index (Phi) is 5.18. The standard InChI is InChI=1S/C12H11Cl3N4O4/c1-4(10(20)19-3-2-17-12(19)22)23-11(21)8-5(13)7(16)6(14)9(15)18-8/h4H,2-3H2,1H3,(H2,16,18)(H,17,22)/p+1/t4-/m1/s1. The number of nitrogens with zero attached hydrogens (tertiary/aromatic N) is 1. The number of pyridine rings is 1. The van der Waals surface area contributed by atoms with E-state index in [2.05, 4.69) is 10.3 Å². The van der Waals surface area contributed by atoms with Gasteiger partial charge in [0.05, 0.1) is 5.69 Å². The summed E-state index contributed by atoms with van der Waals surface area (Å²) >= 11 is 17.5. The summed E-state index contributed by atoms with van der Waals surface area (Å²) in [5.74, 6) is -1.61. The molecule has 0 spiro atoms. The molecular formula is C12H12Cl3N4O4+. The summed E-state index contributed by atoms with van der Waals surface area (Å²) in [5.41, 5.74) is 5.28. The van der Waals surface area contributed by atoms with Crippen LogP contribution in [0, 0.1) is 0 Å². The number of nitrogen functional groups attached to an aromatic ring is 1. The molecule has 2 heterocycles. The maximum atomic E-state index is 12.1. The third kappa shape index (κ3) is 3.44. The Labute approximate surface area is 145 Å². The van der Waals surface area contributed by atoms with Crippen LogP contribution in [0.2, 0.25) is 15.2 Å². The molecule has 0 saturated carbocycles. The molecule has 1 aliphatic rings. The molecule has 4 N–H and O–H groups in total. The minimum atomic E-state index is -1.20. The number of aromatic nitrogens is 1. The van der Waals surface area contributed by atoms with Crippen LogP contribution in [0.5, 0.6) is 0 Å². The number of nitrogens with two attached hydrogens (primary N) is 1. The highest BCUT2D eigenvalue weighted by Crippen LogP contribution is 2.32. The van der Waals surface area contributed by atoms with E-state index < -0.39 is 24.0 Å². The molecule has 3 amide bonds. The van der Waals surface area contributed by atoms with E-state index in [1.807, 2.05) is 0 Å². The lowest BCUT2D eigenvalue weighted by Crippen LogP contribution is -2.42. The first-order chi connectivity index (χ1) is 10.7. The molecule has 0 aromatic carbocycles. The lowest BCUT2D eigenvalue weighted by molar-refractivity contribution is -0.380. The Morgan fingerprint density at radius 1 is 1.35 bits per heavy atom. The minimum Gasteiger partial charge on any atom is -0.445 e. The number of amides is 3. The van der Waals surface area contributed by atoms with Crippen molar-refractivity contribution >= 4 is 58.4 Å². The third-order valence-electron chi connectivity index (χ3n) is 3.08. The second-order valence-electron chi connectivity index (χ2n) is 4.62. The molecule has 2 rings (SSSR count). The molecule has 0 bridgehead atoms. The van der Waals surface area contributed by atoms with Crippen LogP contribution in [0.15, 0.2) is 0 Å². The van der Waals surface area contributed by atoms with E-state index in [1.165, 1.54) is 6.92 Å². The molecule has 23 heavy (non-hydrogen) atoms. The number of nitrogens with one attached hydrogen (secondary N) is 2. The zero-order chi connectivity index (χ0) is 17.3. The molecule has 0 unspecified atom stereocenters.